The van der Waals surface area contributed by atoms with Crippen molar-refractivity contribution in [1.29, 1.82) is 0 Å². The van der Waals surface area contributed by atoms with E-state index in [0.717, 1.165) is 0 Å². The van der Waals surface area contributed by atoms with E-state index >= 15 is 0 Å². The summed E-state index contributed by atoms with van der Waals surface area (Å²) in [5, 5.41) is 0. The highest BCUT2D eigenvalue weighted by atomic mass is 19.1. The van der Waals surface area contributed by atoms with Crippen molar-refractivity contribution in [2.75, 3.05) is 19.8 Å². The van der Waals surface area contributed by atoms with Crippen molar-refractivity contribution in [1.82, 2.24) is 9.88 Å². The number of halogens is 2. The smallest absolute Gasteiger partial charge is 0.258 e. The van der Waals surface area contributed by atoms with Gasteiger partial charge in [-0.05, 0) is 30.2 Å². The Kier molecular flexibility index (Phi) is 4.29. The molecule has 1 aliphatic rings. The van der Waals surface area contributed by atoms with E-state index in [4.69, 9.17) is 5.73 Å². The van der Waals surface area contributed by atoms with Crippen LogP contribution in [0.4, 0.5) is 14.5 Å². The van der Waals surface area contributed by atoms with E-state index in [0.29, 0.717) is 28.8 Å². The van der Waals surface area contributed by atoms with E-state index in [9.17, 15) is 13.6 Å². The monoisotopic (exact) mass is 343 g/mol. The lowest BCUT2D eigenvalue weighted by Gasteiger charge is -2.15. The van der Waals surface area contributed by atoms with Gasteiger partial charge in [0.2, 0.25) is 0 Å². The Labute approximate surface area is 145 Å². The van der Waals surface area contributed by atoms with E-state index in [2.05, 4.69) is 4.98 Å². The van der Waals surface area contributed by atoms with Gasteiger partial charge >= 0.3 is 0 Å². The number of benzene rings is 1. The van der Waals surface area contributed by atoms with Gasteiger partial charge in [0.25, 0.3) is 5.91 Å². The molecule has 0 fully saturated rings. The maximum atomic E-state index is 15.0. The molecule has 2 aromatic rings. The lowest BCUT2D eigenvalue weighted by Crippen LogP contribution is -2.24. The standard InChI is InChI=1S/C19H19F2N3O/c1-4-11-13-7-10(9-23-16(13)8-14(11)20)12-5-6-15(22)17(18(12)21)19(25)24(2)3/h5-7,9H,4,8,22H2,1-3H3. The van der Waals surface area contributed by atoms with E-state index < -0.39 is 11.7 Å². The molecule has 0 aliphatic heterocycles. The SMILES string of the molecule is CCC1=C(F)Cc2ncc(-c3ccc(N)c(C(=O)N(C)C)c3F)cc21. The zero-order chi connectivity index (χ0) is 18.3. The highest BCUT2D eigenvalue weighted by molar-refractivity contribution is 6.00. The Balaban J connectivity index is 2.15. The highest BCUT2D eigenvalue weighted by Crippen LogP contribution is 2.37. The van der Waals surface area contributed by atoms with Crippen LogP contribution in [0.25, 0.3) is 16.7 Å². The largest absolute Gasteiger partial charge is 0.398 e. The first-order chi connectivity index (χ1) is 11.8. The maximum absolute atomic E-state index is 15.0. The number of nitrogens with two attached hydrogens (primary N) is 1. The Morgan fingerprint density at radius 1 is 1.28 bits per heavy atom. The summed E-state index contributed by atoms with van der Waals surface area (Å²) in [4.78, 5) is 17.8. The summed E-state index contributed by atoms with van der Waals surface area (Å²) in [6.07, 6.45) is 2.22. The van der Waals surface area contributed by atoms with Crippen molar-refractivity contribution in [2.24, 2.45) is 0 Å². The minimum atomic E-state index is -0.694. The second kappa shape index (κ2) is 6.27. The summed E-state index contributed by atoms with van der Waals surface area (Å²) in [6.45, 7) is 1.87. The third-order valence-electron chi connectivity index (χ3n) is 4.40. The lowest BCUT2D eigenvalue weighted by molar-refractivity contribution is 0.0824. The quantitative estimate of drug-likeness (QED) is 0.862. The van der Waals surface area contributed by atoms with Gasteiger partial charge in [-0.15, -0.1) is 0 Å². The molecule has 3 rings (SSSR count). The number of amides is 1. The average Bonchev–Trinajstić information content (AvgIpc) is 2.88. The van der Waals surface area contributed by atoms with Crippen LogP contribution in [0, 0.1) is 5.82 Å². The normalized spacial score (nSPS) is 13.2. The summed E-state index contributed by atoms with van der Waals surface area (Å²) < 4.78 is 29.0. The van der Waals surface area contributed by atoms with Gasteiger partial charge in [0.1, 0.15) is 11.6 Å². The first kappa shape index (κ1) is 17.1. The average molecular weight is 343 g/mol. The van der Waals surface area contributed by atoms with Crippen molar-refractivity contribution in [3.05, 3.63) is 52.9 Å². The van der Waals surface area contributed by atoms with Gasteiger partial charge in [-0.2, -0.15) is 0 Å². The Morgan fingerprint density at radius 3 is 2.64 bits per heavy atom. The van der Waals surface area contributed by atoms with Gasteiger partial charge in [-0.1, -0.05) is 6.92 Å². The van der Waals surface area contributed by atoms with Crippen LogP contribution < -0.4 is 5.73 Å². The van der Waals surface area contributed by atoms with Crippen LogP contribution in [-0.4, -0.2) is 29.9 Å². The molecule has 2 N–H and O–H groups in total. The number of nitrogens with zero attached hydrogens (tertiary/aromatic N) is 2. The predicted octanol–water partition coefficient (Wildman–Crippen LogP) is 3.82. The Hall–Kier alpha value is -2.76. The molecule has 0 spiro atoms. The van der Waals surface area contributed by atoms with E-state index in [-0.39, 0.29) is 29.1 Å². The molecule has 0 atom stereocenters. The molecule has 0 radical (unpaired) electrons. The molecule has 4 nitrogen and oxygen atoms in total. The second-order valence-corrected chi connectivity index (χ2v) is 6.22. The van der Waals surface area contributed by atoms with Gasteiger partial charge in [-0.25, -0.2) is 8.78 Å². The molecule has 1 aliphatic carbocycles. The summed E-state index contributed by atoms with van der Waals surface area (Å²) in [7, 11) is 3.07. The van der Waals surface area contributed by atoms with Crippen LogP contribution in [-0.2, 0) is 6.42 Å². The fraction of sp³-hybridized carbons (Fsp3) is 0.263. The molecule has 0 saturated heterocycles. The second-order valence-electron chi connectivity index (χ2n) is 6.22. The Morgan fingerprint density at radius 2 is 2.00 bits per heavy atom. The van der Waals surface area contributed by atoms with Crippen LogP contribution in [0.15, 0.2) is 30.2 Å². The minimum Gasteiger partial charge on any atom is -0.398 e. The number of hydrogen-bond acceptors (Lipinski definition) is 3. The molecular weight excluding hydrogens is 324 g/mol. The van der Waals surface area contributed by atoms with Gasteiger partial charge in [-0.3, -0.25) is 9.78 Å². The third kappa shape index (κ3) is 2.77. The van der Waals surface area contributed by atoms with Crippen molar-refractivity contribution in [3.63, 3.8) is 0 Å². The van der Waals surface area contributed by atoms with Gasteiger partial charge in [0.05, 0.1) is 11.3 Å². The molecule has 6 heteroatoms. The topological polar surface area (TPSA) is 59.2 Å². The van der Waals surface area contributed by atoms with Crippen LogP contribution in [0.2, 0.25) is 0 Å². The van der Waals surface area contributed by atoms with Gasteiger partial charge < -0.3 is 10.6 Å². The van der Waals surface area contributed by atoms with Crippen molar-refractivity contribution in [2.45, 2.75) is 19.8 Å². The number of rotatable bonds is 3. The van der Waals surface area contributed by atoms with E-state index in [1.165, 1.54) is 37.3 Å². The number of aromatic nitrogens is 1. The summed E-state index contributed by atoms with van der Waals surface area (Å²) in [5.41, 5.74) is 8.38. The lowest BCUT2D eigenvalue weighted by atomic mass is 9.98. The fourth-order valence-corrected chi connectivity index (χ4v) is 3.08. The highest BCUT2D eigenvalue weighted by Gasteiger charge is 2.25. The first-order valence-electron chi connectivity index (χ1n) is 8.02. The maximum Gasteiger partial charge on any atom is 0.258 e. The third-order valence-corrected chi connectivity index (χ3v) is 4.40. The Bertz CT molecular complexity index is 904. The summed E-state index contributed by atoms with van der Waals surface area (Å²) in [6, 6.07) is 4.74. The number of hydrogen-bond donors (Lipinski definition) is 1. The number of fused-ring (bicyclic) bond motifs is 1. The summed E-state index contributed by atoms with van der Waals surface area (Å²) in [5.74, 6) is -1.39. The van der Waals surface area contributed by atoms with E-state index in [1.54, 1.807) is 6.07 Å². The molecule has 0 unspecified atom stereocenters. The van der Waals surface area contributed by atoms with Crippen LogP contribution in [0.1, 0.15) is 35.0 Å². The number of carbonyl (C=O) groups excluding carboxylic acids is 1. The zero-order valence-corrected chi connectivity index (χ0v) is 14.4. The number of anilines is 1. The van der Waals surface area contributed by atoms with Gasteiger partial charge in [0, 0.05) is 49.1 Å². The number of nitrogen functional groups attached to an aromatic ring is 1. The molecule has 0 bridgehead atoms. The molecule has 1 aromatic carbocycles. The zero-order valence-electron chi connectivity index (χ0n) is 14.4. The van der Waals surface area contributed by atoms with Crippen molar-refractivity contribution in [3.8, 4) is 11.1 Å². The van der Waals surface area contributed by atoms with Crippen LogP contribution in [0.3, 0.4) is 0 Å². The number of allylic oxidation sites excluding steroid dienone is 2. The fourth-order valence-electron chi connectivity index (χ4n) is 3.08. The van der Waals surface area contributed by atoms with Crippen LogP contribution in [0.5, 0.6) is 0 Å². The predicted molar refractivity (Wildman–Crippen MR) is 94.1 cm³/mol. The minimum absolute atomic E-state index is 0.0780. The molecular formula is C19H19F2N3O. The molecule has 130 valence electrons. The van der Waals surface area contributed by atoms with Crippen molar-refractivity contribution < 1.29 is 13.6 Å². The first-order valence-corrected chi connectivity index (χ1v) is 8.02. The molecule has 0 saturated carbocycles. The molecule has 25 heavy (non-hydrogen) atoms. The molecule has 1 heterocycles. The van der Waals surface area contributed by atoms with E-state index in [1.807, 2.05) is 6.92 Å². The molecule has 1 aromatic heterocycles. The van der Waals surface area contributed by atoms with Crippen LogP contribution >= 0.6 is 0 Å². The van der Waals surface area contributed by atoms with Gasteiger partial charge in [0.15, 0.2) is 0 Å². The molecule has 1 amide bonds. The summed E-state index contributed by atoms with van der Waals surface area (Å²) >= 11 is 0. The van der Waals surface area contributed by atoms with Crippen molar-refractivity contribution >= 4 is 17.2 Å². The number of carbonyl (C=O) groups is 1. The number of pyridine rings is 1.